The van der Waals surface area contributed by atoms with E-state index in [2.05, 4.69) is 20.8 Å². The van der Waals surface area contributed by atoms with Gasteiger partial charge in [-0.3, -0.25) is 4.79 Å². The van der Waals surface area contributed by atoms with E-state index in [-0.39, 0.29) is 22.8 Å². The molecule has 0 aliphatic carbocycles. The molecule has 2 rings (SSSR count). The van der Waals surface area contributed by atoms with Gasteiger partial charge < -0.3 is 5.11 Å². The van der Waals surface area contributed by atoms with Crippen LogP contribution in [-0.4, -0.2) is 10.9 Å². The Bertz CT molecular complexity index is 690. The summed E-state index contributed by atoms with van der Waals surface area (Å²) >= 11 is 0. The van der Waals surface area contributed by atoms with E-state index in [0.717, 1.165) is 11.6 Å². The van der Waals surface area contributed by atoms with Crippen LogP contribution in [0.5, 0.6) is 0 Å². The van der Waals surface area contributed by atoms with E-state index in [0.29, 0.717) is 11.1 Å². The first kappa shape index (κ1) is 16.0. The number of carbonyl (C=O) groups excluding carboxylic acids is 1. The van der Waals surface area contributed by atoms with E-state index in [4.69, 9.17) is 0 Å². The summed E-state index contributed by atoms with van der Waals surface area (Å²) in [7, 11) is 0. The molecule has 2 aromatic carbocycles. The third kappa shape index (κ3) is 3.82. The highest BCUT2D eigenvalue weighted by molar-refractivity contribution is 6.07. The summed E-state index contributed by atoms with van der Waals surface area (Å²) in [5, 5.41) is 9.94. The summed E-state index contributed by atoms with van der Waals surface area (Å²) in [4.78, 5) is 12.1. The Morgan fingerprint density at radius 3 is 1.95 bits per heavy atom. The Kier molecular flexibility index (Phi) is 4.45. The molecule has 0 amide bonds. The van der Waals surface area contributed by atoms with Crippen LogP contribution in [0.25, 0.3) is 5.76 Å². The molecule has 114 valence electrons. The molecule has 0 saturated carbocycles. The highest BCUT2D eigenvalue weighted by Gasteiger charge is 2.14. The maximum absolute atomic E-state index is 12.8. The molecule has 0 spiro atoms. The van der Waals surface area contributed by atoms with Gasteiger partial charge in [-0.15, -0.1) is 0 Å². The fraction of sp³-hybridized carbons (Fsp3) is 0.211. The standard InChI is InChI=1S/C19H19FO2/c1-19(2,3)15-8-4-13(5-9-15)17(21)12-18(22)14-6-10-16(20)11-7-14/h4-12,22H,1-3H3/b18-12-. The molecule has 3 heteroatoms. The minimum absolute atomic E-state index is 0.0215. The zero-order chi connectivity index (χ0) is 16.3. The number of allylic oxidation sites excluding steroid dienone is 1. The fourth-order valence-electron chi connectivity index (χ4n) is 2.05. The van der Waals surface area contributed by atoms with E-state index in [1.807, 2.05) is 12.1 Å². The van der Waals surface area contributed by atoms with E-state index < -0.39 is 0 Å². The Hall–Kier alpha value is -2.42. The lowest BCUT2D eigenvalue weighted by Gasteiger charge is -2.18. The van der Waals surface area contributed by atoms with Gasteiger partial charge in [-0.1, -0.05) is 45.0 Å². The molecule has 0 fully saturated rings. The number of hydrogen-bond acceptors (Lipinski definition) is 2. The predicted octanol–water partition coefficient (Wildman–Crippen LogP) is 4.91. The number of ketones is 1. The van der Waals surface area contributed by atoms with Crippen molar-refractivity contribution >= 4 is 11.5 Å². The van der Waals surface area contributed by atoms with Gasteiger partial charge in [-0.2, -0.15) is 0 Å². The second kappa shape index (κ2) is 6.14. The molecule has 0 radical (unpaired) electrons. The summed E-state index contributed by atoms with van der Waals surface area (Å²) < 4.78 is 12.8. The van der Waals surface area contributed by atoms with Crippen molar-refractivity contribution in [1.82, 2.24) is 0 Å². The summed E-state index contributed by atoms with van der Waals surface area (Å²) in [6.45, 7) is 6.30. The Morgan fingerprint density at radius 1 is 0.955 bits per heavy atom. The predicted molar refractivity (Wildman–Crippen MR) is 86.5 cm³/mol. The first-order valence-corrected chi connectivity index (χ1v) is 7.09. The maximum atomic E-state index is 12.8. The molecule has 0 saturated heterocycles. The molecular formula is C19H19FO2. The molecule has 0 aromatic heterocycles. The minimum atomic E-state index is -0.388. The van der Waals surface area contributed by atoms with E-state index >= 15 is 0 Å². The van der Waals surface area contributed by atoms with Gasteiger partial charge in [0.25, 0.3) is 0 Å². The first-order valence-electron chi connectivity index (χ1n) is 7.09. The Morgan fingerprint density at radius 2 is 1.45 bits per heavy atom. The van der Waals surface area contributed by atoms with Crippen molar-refractivity contribution in [2.24, 2.45) is 0 Å². The van der Waals surface area contributed by atoms with Crippen LogP contribution in [0.2, 0.25) is 0 Å². The number of carbonyl (C=O) groups is 1. The molecule has 0 bridgehead atoms. The first-order chi connectivity index (χ1) is 10.3. The van der Waals surface area contributed by atoms with Crippen molar-refractivity contribution in [2.75, 3.05) is 0 Å². The summed E-state index contributed by atoms with van der Waals surface area (Å²) in [6.07, 6.45) is 1.15. The maximum Gasteiger partial charge on any atom is 0.189 e. The minimum Gasteiger partial charge on any atom is -0.507 e. The van der Waals surface area contributed by atoms with Gasteiger partial charge in [0.05, 0.1) is 0 Å². The monoisotopic (exact) mass is 298 g/mol. The molecule has 22 heavy (non-hydrogen) atoms. The van der Waals surface area contributed by atoms with Crippen LogP contribution in [0.1, 0.15) is 42.3 Å². The molecule has 0 aliphatic rings. The lowest BCUT2D eigenvalue weighted by molar-refractivity contribution is 0.104. The zero-order valence-electron chi connectivity index (χ0n) is 12.9. The van der Waals surface area contributed by atoms with E-state index in [9.17, 15) is 14.3 Å². The number of halogens is 1. The normalized spacial score (nSPS) is 12.3. The van der Waals surface area contributed by atoms with Crippen LogP contribution in [0.15, 0.2) is 54.6 Å². The van der Waals surface area contributed by atoms with Crippen LogP contribution in [-0.2, 0) is 5.41 Å². The molecule has 0 unspecified atom stereocenters. The average molecular weight is 298 g/mol. The van der Waals surface area contributed by atoms with Crippen LogP contribution >= 0.6 is 0 Å². The third-order valence-electron chi connectivity index (χ3n) is 3.44. The molecule has 0 heterocycles. The fourth-order valence-corrected chi connectivity index (χ4v) is 2.05. The average Bonchev–Trinajstić information content (AvgIpc) is 2.47. The van der Waals surface area contributed by atoms with Crippen LogP contribution in [0, 0.1) is 5.82 Å². The van der Waals surface area contributed by atoms with Crippen molar-refractivity contribution in [2.45, 2.75) is 26.2 Å². The quantitative estimate of drug-likeness (QED) is 0.497. The lowest BCUT2D eigenvalue weighted by Crippen LogP contribution is -2.11. The highest BCUT2D eigenvalue weighted by atomic mass is 19.1. The molecule has 0 aliphatic heterocycles. The number of hydrogen-bond donors (Lipinski definition) is 1. The van der Waals surface area contributed by atoms with Gasteiger partial charge in [-0.05, 0) is 35.2 Å². The van der Waals surface area contributed by atoms with Gasteiger partial charge in [0.2, 0.25) is 0 Å². The van der Waals surface area contributed by atoms with Crippen molar-refractivity contribution in [3.8, 4) is 0 Å². The summed E-state index contributed by atoms with van der Waals surface area (Å²) in [5.74, 6) is -0.854. The molecule has 0 atom stereocenters. The molecule has 1 N–H and O–H groups in total. The smallest absolute Gasteiger partial charge is 0.189 e. The summed E-state index contributed by atoms with van der Waals surface area (Å²) in [5.41, 5.74) is 2.06. The Balaban J connectivity index is 2.21. The van der Waals surface area contributed by atoms with Gasteiger partial charge in [0.1, 0.15) is 11.6 Å². The topological polar surface area (TPSA) is 37.3 Å². The van der Waals surface area contributed by atoms with Crippen molar-refractivity contribution in [3.05, 3.63) is 77.1 Å². The second-order valence-corrected chi connectivity index (χ2v) is 6.23. The van der Waals surface area contributed by atoms with Gasteiger partial charge in [0.15, 0.2) is 5.78 Å². The van der Waals surface area contributed by atoms with Crippen LogP contribution in [0.4, 0.5) is 4.39 Å². The number of aliphatic hydroxyl groups is 1. The molecular weight excluding hydrogens is 279 g/mol. The summed E-state index contributed by atoms with van der Waals surface area (Å²) in [6, 6.07) is 12.7. The Labute approximate surface area is 129 Å². The van der Waals surface area contributed by atoms with Crippen LogP contribution in [0.3, 0.4) is 0 Å². The van der Waals surface area contributed by atoms with Crippen LogP contribution < -0.4 is 0 Å². The van der Waals surface area contributed by atoms with E-state index in [1.165, 1.54) is 24.3 Å². The zero-order valence-corrected chi connectivity index (χ0v) is 12.9. The molecule has 2 aromatic rings. The number of benzene rings is 2. The molecule has 2 nitrogen and oxygen atoms in total. The van der Waals surface area contributed by atoms with Gasteiger partial charge in [-0.25, -0.2) is 4.39 Å². The lowest BCUT2D eigenvalue weighted by atomic mass is 9.86. The number of aliphatic hydroxyl groups excluding tert-OH is 1. The second-order valence-electron chi connectivity index (χ2n) is 6.23. The van der Waals surface area contributed by atoms with Crippen molar-refractivity contribution in [3.63, 3.8) is 0 Å². The highest BCUT2D eigenvalue weighted by Crippen LogP contribution is 2.22. The van der Waals surface area contributed by atoms with Crippen molar-refractivity contribution in [1.29, 1.82) is 0 Å². The SMILES string of the molecule is CC(C)(C)c1ccc(C(=O)/C=C(\O)c2ccc(F)cc2)cc1. The largest absolute Gasteiger partial charge is 0.507 e. The van der Waals surface area contributed by atoms with Gasteiger partial charge in [0, 0.05) is 17.2 Å². The van der Waals surface area contributed by atoms with Crippen molar-refractivity contribution < 1.29 is 14.3 Å². The number of rotatable bonds is 3. The third-order valence-corrected chi connectivity index (χ3v) is 3.44. The van der Waals surface area contributed by atoms with Gasteiger partial charge >= 0.3 is 0 Å². The van der Waals surface area contributed by atoms with E-state index in [1.54, 1.807) is 12.1 Å².